The molecule has 1 N–H and O–H groups in total. The van der Waals surface area contributed by atoms with Gasteiger partial charge in [-0.3, -0.25) is 0 Å². The molecule has 0 saturated heterocycles. The monoisotopic (exact) mass is 271 g/mol. The minimum absolute atomic E-state index is 0.292. The second-order valence-corrected chi connectivity index (χ2v) is 5.74. The van der Waals surface area contributed by atoms with Gasteiger partial charge in [0.15, 0.2) is 5.82 Å². The summed E-state index contributed by atoms with van der Waals surface area (Å²) in [6.45, 7) is 6.24. The Morgan fingerprint density at radius 2 is 2.05 bits per heavy atom. The molecule has 1 fully saturated rings. The van der Waals surface area contributed by atoms with E-state index in [9.17, 15) is 0 Å². The normalized spacial score (nSPS) is 14.8. The number of hydrogen-bond acceptors (Lipinski definition) is 4. The van der Waals surface area contributed by atoms with Crippen molar-refractivity contribution in [3.05, 3.63) is 29.3 Å². The lowest BCUT2D eigenvalue weighted by molar-refractivity contribution is 0.735. The number of aromatic nitrogens is 4. The lowest BCUT2D eigenvalue weighted by Gasteiger charge is -2.13. The second-order valence-electron chi connectivity index (χ2n) is 5.74. The Kier molecular flexibility index (Phi) is 3.20. The lowest BCUT2D eigenvalue weighted by Crippen LogP contribution is -2.11. The highest BCUT2D eigenvalue weighted by molar-refractivity contribution is 5.51. The summed E-state index contributed by atoms with van der Waals surface area (Å²) in [5, 5.41) is 7.83. The van der Waals surface area contributed by atoms with Crippen LogP contribution in [0.1, 0.15) is 55.6 Å². The molecule has 2 heterocycles. The Morgan fingerprint density at radius 1 is 1.30 bits per heavy atom. The highest BCUT2D eigenvalue weighted by Crippen LogP contribution is 2.39. The zero-order chi connectivity index (χ0) is 14.3. The molecule has 0 aromatic carbocycles. The van der Waals surface area contributed by atoms with Crippen LogP contribution in [-0.4, -0.2) is 26.8 Å². The second kappa shape index (κ2) is 4.89. The van der Waals surface area contributed by atoms with E-state index in [4.69, 9.17) is 4.98 Å². The first-order chi connectivity index (χ1) is 9.60. The molecule has 0 unspecified atom stereocenters. The van der Waals surface area contributed by atoms with Gasteiger partial charge < -0.3 is 5.32 Å². The van der Waals surface area contributed by atoms with Gasteiger partial charge in [-0.05, 0) is 25.8 Å². The third-order valence-corrected chi connectivity index (χ3v) is 3.71. The standard InChI is InChI=1S/C15H21N5/c1-9(2)13-17-14(16-4)10(3)15(18-13)20-8-7-12(19-20)11-5-6-11/h7-9,11H,5-6H2,1-4H3,(H,16,17,18). The number of hydrogen-bond donors (Lipinski definition) is 1. The maximum Gasteiger partial charge on any atom is 0.162 e. The van der Waals surface area contributed by atoms with Crippen LogP contribution in [0.25, 0.3) is 5.82 Å². The molecule has 0 bridgehead atoms. The fourth-order valence-corrected chi connectivity index (χ4v) is 2.30. The lowest BCUT2D eigenvalue weighted by atomic mass is 10.2. The first-order valence-corrected chi connectivity index (χ1v) is 7.22. The molecule has 0 atom stereocenters. The Morgan fingerprint density at radius 3 is 2.65 bits per heavy atom. The highest BCUT2D eigenvalue weighted by atomic mass is 15.3. The highest BCUT2D eigenvalue weighted by Gasteiger charge is 2.26. The quantitative estimate of drug-likeness (QED) is 0.928. The number of rotatable bonds is 4. The van der Waals surface area contributed by atoms with E-state index >= 15 is 0 Å². The van der Waals surface area contributed by atoms with Crippen molar-refractivity contribution >= 4 is 5.82 Å². The van der Waals surface area contributed by atoms with Crippen molar-refractivity contribution in [3.8, 4) is 5.82 Å². The molecule has 0 aliphatic heterocycles. The fourth-order valence-electron chi connectivity index (χ4n) is 2.30. The van der Waals surface area contributed by atoms with Crippen LogP contribution >= 0.6 is 0 Å². The third kappa shape index (κ3) is 2.28. The predicted molar refractivity (Wildman–Crippen MR) is 79.5 cm³/mol. The van der Waals surface area contributed by atoms with Crippen LogP contribution in [0.2, 0.25) is 0 Å². The fraction of sp³-hybridized carbons (Fsp3) is 0.533. The van der Waals surface area contributed by atoms with Gasteiger partial charge in [0.05, 0.1) is 5.69 Å². The summed E-state index contributed by atoms with van der Waals surface area (Å²) in [5.74, 6) is 3.55. The molecule has 1 aliphatic carbocycles. The minimum atomic E-state index is 0.292. The average molecular weight is 271 g/mol. The molecule has 2 aromatic heterocycles. The molecule has 0 spiro atoms. The molecule has 1 aliphatic rings. The topological polar surface area (TPSA) is 55.6 Å². The van der Waals surface area contributed by atoms with Gasteiger partial charge in [-0.2, -0.15) is 5.10 Å². The number of anilines is 1. The third-order valence-electron chi connectivity index (χ3n) is 3.71. The first-order valence-electron chi connectivity index (χ1n) is 7.22. The molecular formula is C15H21N5. The Hall–Kier alpha value is -1.91. The van der Waals surface area contributed by atoms with Crippen molar-refractivity contribution in [1.82, 2.24) is 19.7 Å². The van der Waals surface area contributed by atoms with Crippen molar-refractivity contribution in [3.63, 3.8) is 0 Å². The SMILES string of the molecule is CNc1nc(C(C)C)nc(-n2ccc(C3CC3)n2)c1C. The Bertz CT molecular complexity index is 625. The summed E-state index contributed by atoms with van der Waals surface area (Å²) in [6, 6.07) is 2.10. The van der Waals surface area contributed by atoms with Gasteiger partial charge >= 0.3 is 0 Å². The minimum Gasteiger partial charge on any atom is -0.373 e. The molecule has 5 nitrogen and oxygen atoms in total. The summed E-state index contributed by atoms with van der Waals surface area (Å²) in [4.78, 5) is 9.26. The Labute approximate surface area is 119 Å². The zero-order valence-corrected chi connectivity index (χ0v) is 12.5. The van der Waals surface area contributed by atoms with Crippen LogP contribution in [-0.2, 0) is 0 Å². The van der Waals surface area contributed by atoms with Gasteiger partial charge in [0.2, 0.25) is 0 Å². The van der Waals surface area contributed by atoms with Gasteiger partial charge in [-0.25, -0.2) is 14.6 Å². The van der Waals surface area contributed by atoms with E-state index < -0.39 is 0 Å². The molecule has 0 amide bonds. The van der Waals surface area contributed by atoms with Crippen molar-refractivity contribution in [1.29, 1.82) is 0 Å². The van der Waals surface area contributed by atoms with Gasteiger partial charge in [0, 0.05) is 30.6 Å². The summed E-state index contributed by atoms with van der Waals surface area (Å²) in [6.07, 6.45) is 4.53. The van der Waals surface area contributed by atoms with Gasteiger partial charge in [0.1, 0.15) is 11.6 Å². The maximum absolute atomic E-state index is 4.69. The first kappa shape index (κ1) is 13.1. The van der Waals surface area contributed by atoms with Crippen molar-refractivity contribution < 1.29 is 0 Å². The van der Waals surface area contributed by atoms with E-state index in [0.29, 0.717) is 11.8 Å². The summed E-state index contributed by atoms with van der Waals surface area (Å²) in [5.41, 5.74) is 2.21. The molecule has 106 valence electrons. The molecular weight excluding hydrogens is 250 g/mol. The van der Waals surface area contributed by atoms with Gasteiger partial charge in [-0.15, -0.1) is 0 Å². The van der Waals surface area contributed by atoms with Crippen LogP contribution in [0.15, 0.2) is 12.3 Å². The van der Waals surface area contributed by atoms with Crippen LogP contribution in [0.3, 0.4) is 0 Å². The number of nitrogens with zero attached hydrogens (tertiary/aromatic N) is 4. The van der Waals surface area contributed by atoms with Crippen LogP contribution in [0.4, 0.5) is 5.82 Å². The van der Waals surface area contributed by atoms with Gasteiger partial charge in [0.25, 0.3) is 0 Å². The van der Waals surface area contributed by atoms with E-state index in [1.807, 2.05) is 24.9 Å². The van der Waals surface area contributed by atoms with E-state index in [2.05, 4.69) is 35.3 Å². The molecule has 3 rings (SSSR count). The smallest absolute Gasteiger partial charge is 0.162 e. The van der Waals surface area contributed by atoms with Crippen molar-refractivity contribution in [2.75, 3.05) is 12.4 Å². The summed E-state index contributed by atoms with van der Waals surface area (Å²) < 4.78 is 1.89. The predicted octanol–water partition coefficient (Wildman–Crippen LogP) is 3.01. The van der Waals surface area contributed by atoms with Crippen molar-refractivity contribution in [2.45, 2.75) is 45.4 Å². The Balaban J connectivity index is 2.07. The molecule has 20 heavy (non-hydrogen) atoms. The molecule has 5 heteroatoms. The molecule has 1 saturated carbocycles. The molecule has 2 aromatic rings. The molecule has 0 radical (unpaired) electrons. The maximum atomic E-state index is 4.69. The van der Waals surface area contributed by atoms with Gasteiger partial charge in [-0.1, -0.05) is 13.8 Å². The zero-order valence-electron chi connectivity index (χ0n) is 12.5. The van der Waals surface area contributed by atoms with Crippen LogP contribution < -0.4 is 5.32 Å². The van der Waals surface area contributed by atoms with E-state index in [-0.39, 0.29) is 0 Å². The summed E-state index contributed by atoms with van der Waals surface area (Å²) in [7, 11) is 1.89. The summed E-state index contributed by atoms with van der Waals surface area (Å²) >= 11 is 0. The van der Waals surface area contributed by atoms with Crippen molar-refractivity contribution in [2.24, 2.45) is 0 Å². The average Bonchev–Trinajstić information content (AvgIpc) is 3.17. The van der Waals surface area contributed by atoms with E-state index in [0.717, 1.165) is 23.0 Å². The van der Waals surface area contributed by atoms with Crippen LogP contribution in [0, 0.1) is 6.92 Å². The largest absolute Gasteiger partial charge is 0.373 e. The van der Waals surface area contributed by atoms with E-state index in [1.165, 1.54) is 18.5 Å². The number of nitrogens with one attached hydrogen (secondary N) is 1. The van der Waals surface area contributed by atoms with Crippen LogP contribution in [0.5, 0.6) is 0 Å². The van der Waals surface area contributed by atoms with E-state index in [1.54, 1.807) is 0 Å².